The minimum absolute atomic E-state index is 0. The van der Waals surface area contributed by atoms with Crippen molar-refractivity contribution < 1.29 is 35.8 Å². The SMILES string of the molecule is CCCCCCC(C)OC(CO)C(S(=O)(=O)O)S(=O)(=O)O.[NaH]. The Morgan fingerprint density at radius 1 is 1.00 bits per heavy atom. The molecule has 130 valence electrons. The van der Waals surface area contributed by atoms with Gasteiger partial charge in [-0.3, -0.25) is 9.11 Å². The van der Waals surface area contributed by atoms with E-state index >= 15 is 0 Å². The van der Waals surface area contributed by atoms with Crippen LogP contribution in [0, 0.1) is 0 Å². The molecule has 0 radical (unpaired) electrons. The third kappa shape index (κ3) is 9.78. The van der Waals surface area contributed by atoms with E-state index in [0.717, 1.165) is 25.7 Å². The predicted molar refractivity (Wildman–Crippen MR) is 84.2 cm³/mol. The number of aliphatic hydroxyl groups excluding tert-OH is 1. The fraction of sp³-hybridized carbons (Fsp3) is 1.00. The quantitative estimate of drug-likeness (QED) is 0.265. The average Bonchev–Trinajstić information content (AvgIpc) is 2.30. The fourth-order valence-electron chi connectivity index (χ4n) is 1.96. The molecule has 0 amide bonds. The summed E-state index contributed by atoms with van der Waals surface area (Å²) in [5.74, 6) is 0. The summed E-state index contributed by atoms with van der Waals surface area (Å²) in [7, 11) is -10.3. The number of rotatable bonds is 11. The van der Waals surface area contributed by atoms with Crippen LogP contribution >= 0.6 is 0 Å². The van der Waals surface area contributed by atoms with Gasteiger partial charge in [0.2, 0.25) is 4.58 Å². The van der Waals surface area contributed by atoms with Crippen molar-refractivity contribution in [2.75, 3.05) is 6.61 Å². The Kier molecular flexibility index (Phi) is 12.9. The first-order chi connectivity index (χ1) is 9.54. The van der Waals surface area contributed by atoms with Crippen LogP contribution in [-0.4, -0.2) is 84.0 Å². The maximum atomic E-state index is 11.1. The Morgan fingerprint density at radius 3 is 1.86 bits per heavy atom. The maximum absolute atomic E-state index is 11.1. The van der Waals surface area contributed by atoms with Crippen molar-refractivity contribution in [2.45, 2.75) is 62.7 Å². The topological polar surface area (TPSA) is 138 Å². The zero-order valence-corrected chi connectivity index (χ0v) is 13.8. The first-order valence-electron chi connectivity index (χ1n) is 6.73. The van der Waals surface area contributed by atoms with Crippen molar-refractivity contribution in [1.82, 2.24) is 0 Å². The van der Waals surface area contributed by atoms with Crippen molar-refractivity contribution in [1.29, 1.82) is 0 Å². The summed E-state index contributed by atoms with van der Waals surface area (Å²) in [5.41, 5.74) is 0. The summed E-state index contributed by atoms with van der Waals surface area (Å²) in [6, 6.07) is 0. The molecule has 2 unspecified atom stereocenters. The summed E-state index contributed by atoms with van der Waals surface area (Å²) in [6.07, 6.45) is 2.10. The van der Waals surface area contributed by atoms with Gasteiger partial charge in [0.1, 0.15) is 6.10 Å². The van der Waals surface area contributed by atoms with E-state index in [0.29, 0.717) is 6.42 Å². The molecule has 0 saturated heterocycles. The van der Waals surface area contributed by atoms with E-state index in [1.165, 1.54) is 0 Å². The summed E-state index contributed by atoms with van der Waals surface area (Å²) in [5, 5.41) is 9.11. The minimum atomic E-state index is -5.13. The van der Waals surface area contributed by atoms with Gasteiger partial charge in [-0.2, -0.15) is 16.8 Å². The Morgan fingerprint density at radius 2 is 1.50 bits per heavy atom. The van der Waals surface area contributed by atoms with Gasteiger partial charge in [0.15, 0.2) is 0 Å². The summed E-state index contributed by atoms with van der Waals surface area (Å²) in [6.45, 7) is 2.67. The molecule has 11 heteroatoms. The summed E-state index contributed by atoms with van der Waals surface area (Å²) >= 11 is 0. The Bertz CT molecular complexity index is 458. The van der Waals surface area contributed by atoms with Crippen molar-refractivity contribution >= 4 is 49.8 Å². The van der Waals surface area contributed by atoms with E-state index in [-0.39, 0.29) is 29.6 Å². The zero-order valence-electron chi connectivity index (χ0n) is 12.2. The third-order valence-corrected chi connectivity index (χ3v) is 6.18. The number of hydrogen-bond acceptors (Lipinski definition) is 6. The van der Waals surface area contributed by atoms with Crippen LogP contribution in [0.3, 0.4) is 0 Å². The van der Waals surface area contributed by atoms with Gasteiger partial charge in [-0.1, -0.05) is 32.6 Å². The van der Waals surface area contributed by atoms with Crippen molar-refractivity contribution in [3.05, 3.63) is 0 Å². The average molecular weight is 372 g/mol. The molecule has 8 nitrogen and oxygen atoms in total. The molecular weight excluding hydrogens is 347 g/mol. The number of aliphatic hydroxyl groups is 1. The van der Waals surface area contributed by atoms with Crippen LogP contribution in [0.4, 0.5) is 0 Å². The first-order valence-corrected chi connectivity index (χ1v) is 9.73. The van der Waals surface area contributed by atoms with E-state index in [4.69, 9.17) is 18.9 Å². The van der Waals surface area contributed by atoms with Crippen LogP contribution in [0.2, 0.25) is 0 Å². The van der Waals surface area contributed by atoms with Gasteiger partial charge >= 0.3 is 29.6 Å². The number of unbranched alkanes of at least 4 members (excludes halogenated alkanes) is 3. The molecule has 0 aromatic rings. The monoisotopic (exact) mass is 372 g/mol. The van der Waals surface area contributed by atoms with Gasteiger partial charge in [0.05, 0.1) is 12.7 Å². The Hall–Kier alpha value is 0.740. The van der Waals surface area contributed by atoms with Gasteiger partial charge < -0.3 is 9.84 Å². The molecule has 0 rings (SSSR count). The van der Waals surface area contributed by atoms with Crippen molar-refractivity contribution in [3.63, 3.8) is 0 Å². The second-order valence-corrected chi connectivity index (χ2v) is 8.29. The van der Waals surface area contributed by atoms with Gasteiger partial charge in [-0.15, -0.1) is 0 Å². The van der Waals surface area contributed by atoms with Gasteiger partial charge in [-0.25, -0.2) is 0 Å². The summed E-state index contributed by atoms with van der Waals surface area (Å²) < 4.78 is 64.7. The molecule has 0 aromatic heterocycles. The number of ether oxygens (including phenoxy) is 1. The molecule has 0 heterocycles. The molecule has 3 N–H and O–H groups in total. The standard InChI is InChI=1S/C11H24O8S2.Na.H/c1-3-4-5-6-7-9(2)19-10(8-12)11(20(13,14)15)21(16,17)18;;/h9-12H,3-8H2,1-2H3,(H,13,14,15)(H,16,17,18);;. The molecule has 0 spiro atoms. The van der Waals surface area contributed by atoms with Gasteiger partial charge in [0.25, 0.3) is 20.2 Å². The summed E-state index contributed by atoms with van der Waals surface area (Å²) in [4.78, 5) is 0. The van der Waals surface area contributed by atoms with Crippen LogP contribution in [0.5, 0.6) is 0 Å². The van der Waals surface area contributed by atoms with Crippen LogP contribution in [0.15, 0.2) is 0 Å². The molecule has 0 fully saturated rings. The van der Waals surface area contributed by atoms with E-state index in [2.05, 4.69) is 0 Å². The van der Waals surface area contributed by atoms with Crippen molar-refractivity contribution in [3.8, 4) is 0 Å². The van der Waals surface area contributed by atoms with E-state index in [9.17, 15) is 16.8 Å². The molecule has 0 aliphatic rings. The molecule has 2 atom stereocenters. The number of hydrogen-bond donors (Lipinski definition) is 3. The van der Waals surface area contributed by atoms with E-state index in [1.807, 2.05) is 6.92 Å². The molecule has 0 saturated carbocycles. The molecule has 0 aromatic carbocycles. The molecule has 0 bridgehead atoms. The van der Waals surface area contributed by atoms with Crippen LogP contribution in [0.1, 0.15) is 46.0 Å². The molecule has 0 aliphatic carbocycles. The third-order valence-electron chi connectivity index (χ3n) is 2.94. The molecule has 0 aliphatic heterocycles. The molecule has 22 heavy (non-hydrogen) atoms. The van der Waals surface area contributed by atoms with Crippen molar-refractivity contribution in [2.24, 2.45) is 0 Å². The van der Waals surface area contributed by atoms with Crippen LogP contribution in [0.25, 0.3) is 0 Å². The Balaban J connectivity index is 0. The zero-order chi connectivity index (χ0) is 16.7. The second kappa shape index (κ2) is 11.3. The van der Waals surface area contributed by atoms with Gasteiger partial charge in [-0.05, 0) is 13.3 Å². The first kappa shape index (κ1) is 25.0. The second-order valence-electron chi connectivity index (χ2n) is 4.92. The Labute approximate surface area is 154 Å². The van der Waals surface area contributed by atoms with E-state index in [1.54, 1.807) is 6.92 Å². The normalized spacial score (nSPS) is 15.4. The fourth-order valence-corrected chi connectivity index (χ4v) is 4.25. The van der Waals surface area contributed by atoms with E-state index < -0.39 is 43.6 Å². The van der Waals surface area contributed by atoms with Gasteiger partial charge in [0, 0.05) is 0 Å². The molecular formula is C11H25NaO8S2. The van der Waals surface area contributed by atoms with Crippen LogP contribution in [-0.2, 0) is 25.0 Å². The predicted octanol–water partition coefficient (Wildman–Crippen LogP) is 0.176. The van der Waals surface area contributed by atoms with Crippen LogP contribution < -0.4 is 0 Å².